The summed E-state index contributed by atoms with van der Waals surface area (Å²) in [6, 6.07) is 11.6. The fourth-order valence-electron chi connectivity index (χ4n) is 2.65. The maximum atomic E-state index is 12.2. The van der Waals surface area contributed by atoms with E-state index in [1.807, 2.05) is 29.0 Å². The zero-order valence-corrected chi connectivity index (χ0v) is 17.4. The number of thiophene rings is 1. The SMILES string of the molecule is CCCCc1ccc(NC(=O)CCc2csc(NC(=O)c3cccs3)n2)cc1. The highest BCUT2D eigenvalue weighted by atomic mass is 32.1. The summed E-state index contributed by atoms with van der Waals surface area (Å²) in [5.41, 5.74) is 2.91. The van der Waals surface area contributed by atoms with Crippen molar-refractivity contribution in [2.45, 2.75) is 39.0 Å². The van der Waals surface area contributed by atoms with E-state index in [1.165, 1.54) is 41.1 Å². The molecule has 0 aliphatic heterocycles. The summed E-state index contributed by atoms with van der Waals surface area (Å²) in [5, 5.41) is 10.00. The maximum absolute atomic E-state index is 12.2. The molecule has 0 aliphatic carbocycles. The van der Waals surface area contributed by atoms with Crippen LogP contribution in [-0.2, 0) is 17.6 Å². The second-order valence-electron chi connectivity index (χ2n) is 6.42. The lowest BCUT2D eigenvalue weighted by Gasteiger charge is -2.06. The van der Waals surface area contributed by atoms with Gasteiger partial charge < -0.3 is 5.32 Å². The number of carbonyl (C=O) groups is 2. The summed E-state index contributed by atoms with van der Waals surface area (Å²) in [7, 11) is 0. The zero-order chi connectivity index (χ0) is 19.8. The van der Waals surface area contributed by atoms with Crippen molar-refractivity contribution in [2.24, 2.45) is 0 Å². The Hall–Kier alpha value is -2.51. The fraction of sp³-hybridized carbons (Fsp3) is 0.286. The second kappa shape index (κ2) is 10.1. The minimum atomic E-state index is -0.156. The molecule has 0 radical (unpaired) electrons. The van der Waals surface area contributed by atoms with Crippen molar-refractivity contribution in [3.63, 3.8) is 0 Å². The van der Waals surface area contributed by atoms with Crippen molar-refractivity contribution in [1.82, 2.24) is 4.98 Å². The normalized spacial score (nSPS) is 10.6. The van der Waals surface area contributed by atoms with Crippen LogP contribution >= 0.6 is 22.7 Å². The van der Waals surface area contributed by atoms with E-state index >= 15 is 0 Å². The number of aryl methyl sites for hydroxylation is 2. The summed E-state index contributed by atoms with van der Waals surface area (Å²) in [4.78, 5) is 29.3. The number of hydrogen-bond acceptors (Lipinski definition) is 5. The van der Waals surface area contributed by atoms with E-state index < -0.39 is 0 Å². The van der Waals surface area contributed by atoms with E-state index in [0.29, 0.717) is 22.9 Å². The molecule has 0 atom stereocenters. The van der Waals surface area contributed by atoms with Crippen LogP contribution < -0.4 is 10.6 Å². The topological polar surface area (TPSA) is 71.1 Å². The van der Waals surface area contributed by atoms with Crippen molar-refractivity contribution in [3.8, 4) is 0 Å². The highest BCUT2D eigenvalue weighted by molar-refractivity contribution is 7.14. The Morgan fingerprint density at radius 3 is 2.57 bits per heavy atom. The Morgan fingerprint density at radius 1 is 1.04 bits per heavy atom. The second-order valence-corrected chi connectivity index (χ2v) is 8.23. The number of amides is 2. The first-order chi connectivity index (χ1) is 13.6. The van der Waals surface area contributed by atoms with Gasteiger partial charge in [0.05, 0.1) is 10.6 Å². The van der Waals surface area contributed by atoms with Gasteiger partial charge in [-0.05, 0) is 48.4 Å². The minimum Gasteiger partial charge on any atom is -0.326 e. The summed E-state index contributed by atoms with van der Waals surface area (Å²) in [6.07, 6.45) is 4.30. The van der Waals surface area contributed by atoms with Crippen LogP contribution in [0.15, 0.2) is 47.2 Å². The maximum Gasteiger partial charge on any atom is 0.267 e. The number of nitrogens with one attached hydrogen (secondary N) is 2. The Labute approximate surface area is 172 Å². The van der Waals surface area contributed by atoms with Gasteiger partial charge in [-0.15, -0.1) is 22.7 Å². The number of anilines is 2. The van der Waals surface area contributed by atoms with Crippen molar-refractivity contribution in [1.29, 1.82) is 0 Å². The molecule has 0 aliphatic rings. The van der Waals surface area contributed by atoms with E-state index in [9.17, 15) is 9.59 Å². The molecule has 5 nitrogen and oxygen atoms in total. The minimum absolute atomic E-state index is 0.0431. The average Bonchev–Trinajstić information content (AvgIpc) is 3.38. The number of nitrogens with zero attached hydrogens (tertiary/aromatic N) is 1. The smallest absolute Gasteiger partial charge is 0.267 e. The molecule has 2 heterocycles. The number of aromatic nitrogens is 1. The first kappa shape index (κ1) is 20.2. The lowest BCUT2D eigenvalue weighted by atomic mass is 10.1. The Morgan fingerprint density at radius 2 is 1.86 bits per heavy atom. The van der Waals surface area contributed by atoms with Crippen LogP contribution in [0.2, 0.25) is 0 Å². The molecule has 2 aromatic heterocycles. The number of hydrogen-bond donors (Lipinski definition) is 2. The van der Waals surface area contributed by atoms with Crippen LogP contribution in [0.4, 0.5) is 10.8 Å². The van der Waals surface area contributed by atoms with Gasteiger partial charge in [0.25, 0.3) is 5.91 Å². The van der Waals surface area contributed by atoms with E-state index in [-0.39, 0.29) is 11.8 Å². The molecule has 0 fully saturated rings. The molecule has 3 rings (SSSR count). The molecule has 0 bridgehead atoms. The molecular weight excluding hydrogens is 390 g/mol. The fourth-order valence-corrected chi connectivity index (χ4v) is 4.01. The molecule has 0 spiro atoms. The van der Waals surface area contributed by atoms with Crippen molar-refractivity contribution in [3.05, 3.63) is 63.3 Å². The van der Waals surface area contributed by atoms with Gasteiger partial charge in [0.1, 0.15) is 0 Å². The van der Waals surface area contributed by atoms with Gasteiger partial charge in [0.15, 0.2) is 5.13 Å². The quantitative estimate of drug-likeness (QED) is 0.495. The van der Waals surface area contributed by atoms with Gasteiger partial charge in [-0.25, -0.2) is 4.98 Å². The molecule has 0 saturated carbocycles. The Balaban J connectivity index is 1.44. The molecule has 7 heteroatoms. The van der Waals surface area contributed by atoms with Crippen LogP contribution in [0.3, 0.4) is 0 Å². The average molecular weight is 414 g/mol. The molecule has 2 N–H and O–H groups in total. The number of rotatable bonds is 9. The van der Waals surface area contributed by atoms with E-state index in [2.05, 4.69) is 34.7 Å². The molecule has 0 unspecified atom stereocenters. The summed E-state index contributed by atoms with van der Waals surface area (Å²) < 4.78 is 0. The monoisotopic (exact) mass is 413 g/mol. The van der Waals surface area contributed by atoms with Crippen LogP contribution in [0, 0.1) is 0 Å². The zero-order valence-electron chi connectivity index (χ0n) is 15.7. The van der Waals surface area contributed by atoms with Crippen molar-refractivity contribution < 1.29 is 9.59 Å². The van der Waals surface area contributed by atoms with Gasteiger partial charge >= 0.3 is 0 Å². The van der Waals surface area contributed by atoms with Crippen molar-refractivity contribution in [2.75, 3.05) is 10.6 Å². The predicted molar refractivity (Wildman–Crippen MR) is 116 cm³/mol. The third-order valence-electron chi connectivity index (χ3n) is 4.18. The van der Waals surface area contributed by atoms with E-state index in [0.717, 1.165) is 17.8 Å². The number of unbranched alkanes of at least 4 members (excludes halogenated alkanes) is 1. The van der Waals surface area contributed by atoms with Gasteiger partial charge in [0, 0.05) is 17.5 Å². The molecule has 3 aromatic rings. The van der Waals surface area contributed by atoms with Gasteiger partial charge in [-0.2, -0.15) is 0 Å². The third kappa shape index (κ3) is 6.00. The molecule has 2 amide bonds. The van der Waals surface area contributed by atoms with E-state index in [1.54, 1.807) is 6.07 Å². The third-order valence-corrected chi connectivity index (χ3v) is 5.86. The number of carbonyl (C=O) groups excluding carboxylic acids is 2. The largest absolute Gasteiger partial charge is 0.326 e. The molecule has 28 heavy (non-hydrogen) atoms. The lowest BCUT2D eigenvalue weighted by Crippen LogP contribution is -2.12. The standard InChI is InChI=1S/C21H23N3O2S2/c1-2-3-5-15-7-9-16(10-8-15)22-19(25)12-11-17-14-28-21(23-17)24-20(26)18-6-4-13-27-18/h4,6-10,13-14H,2-3,5,11-12H2,1H3,(H,22,25)(H,23,24,26). The molecule has 146 valence electrons. The van der Waals surface area contributed by atoms with Crippen LogP contribution in [0.1, 0.15) is 47.1 Å². The van der Waals surface area contributed by atoms with Crippen LogP contribution in [0.5, 0.6) is 0 Å². The first-order valence-corrected chi connectivity index (χ1v) is 11.1. The predicted octanol–water partition coefficient (Wildman–Crippen LogP) is 5.37. The summed E-state index contributed by atoms with van der Waals surface area (Å²) in [6.45, 7) is 2.18. The van der Waals surface area contributed by atoms with Gasteiger partial charge in [0.2, 0.25) is 5.91 Å². The van der Waals surface area contributed by atoms with Gasteiger partial charge in [-0.1, -0.05) is 31.5 Å². The van der Waals surface area contributed by atoms with E-state index in [4.69, 9.17) is 0 Å². The highest BCUT2D eigenvalue weighted by Crippen LogP contribution is 2.19. The molecular formula is C21H23N3O2S2. The van der Waals surface area contributed by atoms with Crippen molar-refractivity contribution >= 4 is 45.3 Å². The van der Waals surface area contributed by atoms with Gasteiger partial charge in [-0.3, -0.25) is 14.9 Å². The van der Waals surface area contributed by atoms with Crippen LogP contribution in [-0.4, -0.2) is 16.8 Å². The lowest BCUT2D eigenvalue weighted by molar-refractivity contribution is -0.116. The highest BCUT2D eigenvalue weighted by Gasteiger charge is 2.11. The Bertz CT molecular complexity index is 902. The summed E-state index contributed by atoms with van der Waals surface area (Å²) >= 11 is 2.76. The molecule has 1 aromatic carbocycles. The van der Waals surface area contributed by atoms with Crippen LogP contribution in [0.25, 0.3) is 0 Å². The number of benzene rings is 1. The number of thiazole rings is 1. The molecule has 0 saturated heterocycles. The first-order valence-electron chi connectivity index (χ1n) is 9.32. The summed E-state index contributed by atoms with van der Waals surface area (Å²) in [5.74, 6) is -0.200. The Kier molecular flexibility index (Phi) is 7.33.